The maximum Gasteiger partial charge on any atom is 0.174 e. The van der Waals surface area contributed by atoms with Gasteiger partial charge in [-0.15, -0.1) is 0 Å². The molecule has 3 rings (SSSR count). The zero-order valence-electron chi connectivity index (χ0n) is 13.6. The first-order valence-electron chi connectivity index (χ1n) is 7.87. The molecule has 0 aliphatic rings. The molecule has 0 saturated carbocycles. The van der Waals surface area contributed by atoms with Crippen LogP contribution in [0.2, 0.25) is 0 Å². The van der Waals surface area contributed by atoms with Crippen LogP contribution in [-0.2, 0) is 0 Å². The Hall–Kier alpha value is -2.29. The Morgan fingerprint density at radius 1 is 1.32 bits per heavy atom. The van der Waals surface area contributed by atoms with Gasteiger partial charge < -0.3 is 9.09 Å². The van der Waals surface area contributed by atoms with Gasteiger partial charge in [-0.3, -0.25) is 0 Å². The topological polar surface area (TPSA) is 31.0 Å². The van der Waals surface area contributed by atoms with Gasteiger partial charge in [-0.05, 0) is 50.3 Å². The summed E-state index contributed by atoms with van der Waals surface area (Å²) in [5, 5.41) is 5.27. The fourth-order valence-electron chi connectivity index (χ4n) is 2.97. The van der Waals surface area contributed by atoms with Crippen LogP contribution in [0.3, 0.4) is 0 Å². The molecule has 0 bridgehead atoms. The molecular weight excluding hydrogens is 272 g/mol. The number of fused-ring (bicyclic) bond motifs is 1. The molecule has 0 unspecified atom stereocenters. The van der Waals surface area contributed by atoms with E-state index in [2.05, 4.69) is 74.0 Å². The molecule has 3 nitrogen and oxygen atoms in total. The summed E-state index contributed by atoms with van der Waals surface area (Å²) in [5.41, 5.74) is 4.66. The Kier molecular flexibility index (Phi) is 3.88. The van der Waals surface area contributed by atoms with Crippen molar-refractivity contribution in [2.45, 2.75) is 40.2 Å². The van der Waals surface area contributed by atoms with E-state index in [4.69, 9.17) is 4.52 Å². The van der Waals surface area contributed by atoms with Gasteiger partial charge in [0, 0.05) is 28.9 Å². The second-order valence-corrected chi connectivity index (χ2v) is 5.83. The molecule has 0 spiro atoms. The van der Waals surface area contributed by atoms with Crippen molar-refractivity contribution in [2.75, 3.05) is 0 Å². The maximum absolute atomic E-state index is 5.56. The molecule has 0 atom stereocenters. The zero-order chi connectivity index (χ0) is 15.7. The van der Waals surface area contributed by atoms with Crippen LogP contribution in [0.4, 0.5) is 0 Å². The third kappa shape index (κ3) is 2.37. The summed E-state index contributed by atoms with van der Waals surface area (Å²) < 4.78 is 7.84. The molecule has 0 saturated heterocycles. The van der Waals surface area contributed by atoms with E-state index in [0.717, 1.165) is 23.3 Å². The zero-order valence-corrected chi connectivity index (χ0v) is 13.6. The second-order valence-electron chi connectivity index (χ2n) is 5.83. The van der Waals surface area contributed by atoms with Crippen LogP contribution in [-0.4, -0.2) is 9.72 Å². The first-order valence-corrected chi connectivity index (χ1v) is 7.87. The van der Waals surface area contributed by atoms with Gasteiger partial charge >= 0.3 is 0 Å². The smallest absolute Gasteiger partial charge is 0.174 e. The number of hydrogen-bond acceptors (Lipinski definition) is 2. The molecule has 0 fully saturated rings. The predicted octanol–water partition coefficient (Wildman–Crippen LogP) is 5.69. The summed E-state index contributed by atoms with van der Waals surface area (Å²) in [4.78, 5) is 0. The van der Waals surface area contributed by atoms with Crippen LogP contribution in [0.25, 0.3) is 27.8 Å². The van der Waals surface area contributed by atoms with Gasteiger partial charge in [0.15, 0.2) is 5.76 Å². The van der Waals surface area contributed by atoms with Crippen molar-refractivity contribution in [2.24, 2.45) is 0 Å². The normalized spacial score (nSPS) is 12.5. The molecule has 3 heteroatoms. The van der Waals surface area contributed by atoms with E-state index in [1.165, 1.54) is 16.5 Å². The summed E-state index contributed by atoms with van der Waals surface area (Å²) in [6.07, 6.45) is 7.06. The van der Waals surface area contributed by atoms with Crippen molar-refractivity contribution in [1.82, 2.24) is 9.72 Å². The van der Waals surface area contributed by atoms with Gasteiger partial charge in [-0.25, -0.2) is 0 Å². The van der Waals surface area contributed by atoms with Crippen LogP contribution in [0.5, 0.6) is 0 Å². The molecule has 2 heterocycles. The molecule has 0 radical (unpaired) electrons. The number of benzene rings is 1. The minimum atomic E-state index is 0.434. The second kappa shape index (κ2) is 5.84. The lowest BCUT2D eigenvalue weighted by Crippen LogP contribution is -1.97. The van der Waals surface area contributed by atoms with Crippen molar-refractivity contribution in [3.05, 3.63) is 48.3 Å². The van der Waals surface area contributed by atoms with Gasteiger partial charge in [0.1, 0.15) is 0 Å². The number of allylic oxidation sites excluding steroid dienone is 2. The average Bonchev–Trinajstić information content (AvgIpc) is 3.14. The number of aromatic nitrogens is 2. The summed E-state index contributed by atoms with van der Waals surface area (Å²) in [6, 6.07) is 9.05. The molecule has 114 valence electrons. The number of hydrogen-bond donors (Lipinski definition) is 0. The fraction of sp³-hybridized carbons (Fsp3) is 0.316. The molecule has 0 aliphatic heterocycles. The highest BCUT2D eigenvalue weighted by Gasteiger charge is 2.15. The Balaban J connectivity index is 2.15. The first kappa shape index (κ1) is 14.6. The lowest BCUT2D eigenvalue weighted by Gasteiger charge is -2.10. The maximum atomic E-state index is 5.56. The highest BCUT2D eigenvalue weighted by Crippen LogP contribution is 2.33. The van der Waals surface area contributed by atoms with Crippen LogP contribution < -0.4 is 0 Å². The van der Waals surface area contributed by atoms with E-state index in [9.17, 15) is 0 Å². The molecule has 0 N–H and O–H groups in total. The van der Waals surface area contributed by atoms with Gasteiger partial charge in [0.2, 0.25) is 0 Å². The first-order chi connectivity index (χ1) is 10.7. The highest BCUT2D eigenvalue weighted by atomic mass is 16.5. The number of rotatable bonds is 4. The van der Waals surface area contributed by atoms with E-state index in [1.807, 2.05) is 6.20 Å². The Labute approximate surface area is 131 Å². The summed E-state index contributed by atoms with van der Waals surface area (Å²) in [5.74, 6) is 0.855. The van der Waals surface area contributed by atoms with Crippen LogP contribution >= 0.6 is 0 Å². The highest BCUT2D eigenvalue weighted by molar-refractivity contribution is 5.87. The monoisotopic (exact) mass is 294 g/mol. The Morgan fingerprint density at radius 2 is 2.14 bits per heavy atom. The molecule has 3 aromatic rings. The molecule has 2 aromatic heterocycles. The lowest BCUT2D eigenvalue weighted by atomic mass is 10.00. The molecular formula is C19H22N2O. The standard InChI is InChI=1S/C19H22N2O/c1-5-14(6-2)17-12-20-22-19(17)16-8-7-15-9-10-21(13(3)4)18(15)11-16/h5,7-13H,6H2,1-4H3/b14-5+. The number of nitrogens with zero attached hydrogens (tertiary/aromatic N) is 2. The third-order valence-corrected chi connectivity index (χ3v) is 4.19. The molecule has 1 aromatic carbocycles. The van der Waals surface area contributed by atoms with Crippen molar-refractivity contribution < 1.29 is 4.52 Å². The fourth-order valence-corrected chi connectivity index (χ4v) is 2.97. The van der Waals surface area contributed by atoms with Crippen molar-refractivity contribution in [3.63, 3.8) is 0 Å². The van der Waals surface area contributed by atoms with E-state index in [0.29, 0.717) is 6.04 Å². The molecule has 0 amide bonds. The predicted molar refractivity (Wildman–Crippen MR) is 91.8 cm³/mol. The summed E-state index contributed by atoms with van der Waals surface area (Å²) >= 11 is 0. The van der Waals surface area contributed by atoms with Gasteiger partial charge in [0.25, 0.3) is 0 Å². The lowest BCUT2D eigenvalue weighted by molar-refractivity contribution is 0.432. The molecule has 22 heavy (non-hydrogen) atoms. The molecule has 0 aliphatic carbocycles. The third-order valence-electron chi connectivity index (χ3n) is 4.19. The Morgan fingerprint density at radius 3 is 2.82 bits per heavy atom. The SMILES string of the molecule is C/C=C(\CC)c1cnoc1-c1ccc2ccn(C(C)C)c2c1. The van der Waals surface area contributed by atoms with Gasteiger partial charge in [-0.1, -0.05) is 30.3 Å². The van der Waals surface area contributed by atoms with E-state index >= 15 is 0 Å². The van der Waals surface area contributed by atoms with Gasteiger partial charge in [-0.2, -0.15) is 0 Å². The van der Waals surface area contributed by atoms with Crippen molar-refractivity contribution in [1.29, 1.82) is 0 Å². The van der Waals surface area contributed by atoms with Crippen LogP contribution in [0.15, 0.2) is 47.3 Å². The van der Waals surface area contributed by atoms with Gasteiger partial charge in [0.05, 0.1) is 6.20 Å². The average molecular weight is 294 g/mol. The quantitative estimate of drug-likeness (QED) is 0.619. The van der Waals surface area contributed by atoms with Crippen LogP contribution in [0.1, 0.15) is 45.7 Å². The van der Waals surface area contributed by atoms with Crippen molar-refractivity contribution >= 4 is 16.5 Å². The van der Waals surface area contributed by atoms with Crippen LogP contribution in [0, 0.1) is 0 Å². The summed E-state index contributed by atoms with van der Waals surface area (Å²) in [6.45, 7) is 8.60. The van der Waals surface area contributed by atoms with Crippen molar-refractivity contribution in [3.8, 4) is 11.3 Å². The van der Waals surface area contributed by atoms with E-state index < -0.39 is 0 Å². The Bertz CT molecular complexity index is 821. The minimum absolute atomic E-state index is 0.434. The van der Waals surface area contributed by atoms with E-state index in [1.54, 1.807) is 0 Å². The summed E-state index contributed by atoms with van der Waals surface area (Å²) in [7, 11) is 0. The minimum Gasteiger partial charge on any atom is -0.356 e. The van der Waals surface area contributed by atoms with E-state index in [-0.39, 0.29) is 0 Å². The largest absolute Gasteiger partial charge is 0.356 e.